The molecule has 2 aromatic carbocycles. The van der Waals surface area contributed by atoms with Gasteiger partial charge in [0.25, 0.3) is 11.8 Å². The van der Waals surface area contributed by atoms with Crippen LogP contribution in [0.2, 0.25) is 5.02 Å². The molecule has 8 nitrogen and oxygen atoms in total. The number of benzene rings is 2. The van der Waals surface area contributed by atoms with Crippen molar-refractivity contribution in [3.8, 4) is 5.75 Å². The lowest BCUT2D eigenvalue weighted by Crippen LogP contribution is -2.41. The van der Waals surface area contributed by atoms with Gasteiger partial charge in [0.05, 0.1) is 21.0 Å². The number of nitrogens with one attached hydrogen (secondary N) is 2. The molecule has 0 saturated carbocycles. The molecule has 148 valence electrons. The molecule has 0 spiro atoms. The molecule has 0 aromatic heterocycles. The molecule has 2 aromatic rings. The number of phenols is 1. The van der Waals surface area contributed by atoms with Crippen LogP contribution in [0.4, 0.5) is 0 Å². The maximum atomic E-state index is 12.7. The number of phenolic OH excluding ortho intramolecular Hbond substituents is 1. The first-order valence-electron chi connectivity index (χ1n) is 8.49. The molecule has 1 aliphatic rings. The fraction of sp³-hybridized carbons (Fsp3) is 0.222. The van der Waals surface area contributed by atoms with Crippen LogP contribution in [0.15, 0.2) is 47.4 Å². The molecule has 0 unspecified atom stereocenters. The van der Waals surface area contributed by atoms with Gasteiger partial charge in [-0.3, -0.25) is 20.4 Å². The zero-order valence-electron chi connectivity index (χ0n) is 14.7. The van der Waals surface area contributed by atoms with E-state index in [4.69, 9.17) is 11.6 Å². The van der Waals surface area contributed by atoms with Crippen molar-refractivity contribution in [2.45, 2.75) is 17.7 Å². The zero-order valence-corrected chi connectivity index (χ0v) is 16.3. The van der Waals surface area contributed by atoms with E-state index in [2.05, 4.69) is 10.9 Å². The summed E-state index contributed by atoms with van der Waals surface area (Å²) in [6.45, 7) is 0.867. The Kier molecular flexibility index (Phi) is 5.87. The number of sulfonamides is 1. The van der Waals surface area contributed by atoms with Crippen LogP contribution < -0.4 is 10.9 Å². The Balaban J connectivity index is 1.76. The van der Waals surface area contributed by atoms with Crippen molar-refractivity contribution in [3.05, 3.63) is 58.6 Å². The van der Waals surface area contributed by atoms with Crippen LogP contribution >= 0.6 is 11.6 Å². The number of amides is 2. The van der Waals surface area contributed by atoms with Crippen LogP contribution in [-0.4, -0.2) is 42.7 Å². The Morgan fingerprint density at radius 2 is 1.57 bits per heavy atom. The number of para-hydroxylation sites is 1. The first kappa shape index (κ1) is 20.1. The smallest absolute Gasteiger partial charge is 0.273 e. The van der Waals surface area contributed by atoms with Gasteiger partial charge in [-0.1, -0.05) is 23.7 Å². The molecule has 10 heteroatoms. The number of aromatic hydroxyl groups is 1. The highest BCUT2D eigenvalue weighted by molar-refractivity contribution is 7.89. The van der Waals surface area contributed by atoms with Crippen LogP contribution in [0, 0.1) is 0 Å². The molecule has 1 saturated heterocycles. The molecule has 1 fully saturated rings. The fourth-order valence-electron chi connectivity index (χ4n) is 2.83. The van der Waals surface area contributed by atoms with Crippen LogP contribution in [0.3, 0.4) is 0 Å². The molecule has 0 bridgehead atoms. The monoisotopic (exact) mass is 423 g/mol. The standard InChI is InChI=1S/C18H18ClN3O5S/c19-15-8-7-12(28(26,27)22-9-3-4-10-22)11-14(15)18(25)21-20-17(24)13-5-1-2-6-16(13)23/h1-2,5-8,11,23H,3-4,9-10H2,(H,20,24)(H,21,25). The molecule has 0 radical (unpaired) electrons. The number of hydrogen-bond acceptors (Lipinski definition) is 5. The van der Waals surface area contributed by atoms with Gasteiger partial charge in [0.1, 0.15) is 5.75 Å². The fourth-order valence-corrected chi connectivity index (χ4v) is 4.58. The number of rotatable bonds is 4. The Hall–Kier alpha value is -2.62. The second-order valence-corrected chi connectivity index (χ2v) is 8.52. The van der Waals surface area contributed by atoms with Crippen LogP contribution in [-0.2, 0) is 10.0 Å². The normalized spacial score (nSPS) is 14.6. The zero-order chi connectivity index (χ0) is 20.3. The first-order valence-corrected chi connectivity index (χ1v) is 10.3. The van der Waals surface area contributed by atoms with Gasteiger partial charge in [0, 0.05) is 13.1 Å². The predicted octanol–water partition coefficient (Wildman–Crippen LogP) is 1.90. The number of halogens is 1. The Morgan fingerprint density at radius 3 is 2.21 bits per heavy atom. The van der Waals surface area contributed by atoms with E-state index in [-0.39, 0.29) is 26.8 Å². The van der Waals surface area contributed by atoms with Crippen molar-refractivity contribution in [1.29, 1.82) is 0 Å². The van der Waals surface area contributed by atoms with E-state index < -0.39 is 21.8 Å². The highest BCUT2D eigenvalue weighted by atomic mass is 35.5. The second-order valence-electron chi connectivity index (χ2n) is 6.18. The van der Waals surface area contributed by atoms with E-state index >= 15 is 0 Å². The molecule has 3 N–H and O–H groups in total. The number of hydrogen-bond donors (Lipinski definition) is 3. The lowest BCUT2D eigenvalue weighted by molar-refractivity contribution is 0.0845. The predicted molar refractivity (Wildman–Crippen MR) is 102 cm³/mol. The van der Waals surface area contributed by atoms with E-state index in [1.165, 1.54) is 34.6 Å². The van der Waals surface area contributed by atoms with E-state index in [9.17, 15) is 23.1 Å². The maximum Gasteiger partial charge on any atom is 0.273 e. The summed E-state index contributed by atoms with van der Waals surface area (Å²) in [5, 5.41) is 9.71. The molecule has 1 aliphatic heterocycles. The van der Waals surface area contributed by atoms with Gasteiger partial charge in [-0.25, -0.2) is 8.42 Å². The van der Waals surface area contributed by atoms with Crippen LogP contribution in [0.1, 0.15) is 33.6 Å². The maximum absolute atomic E-state index is 12.7. The SMILES string of the molecule is O=C(NNC(=O)c1cc(S(=O)(=O)N2CCCC2)ccc1Cl)c1ccccc1O. The average molecular weight is 424 g/mol. The van der Waals surface area contributed by atoms with Crippen LogP contribution in [0.5, 0.6) is 5.75 Å². The third kappa shape index (κ3) is 4.11. The number of carbonyl (C=O) groups excluding carboxylic acids is 2. The summed E-state index contributed by atoms with van der Waals surface area (Å²) >= 11 is 6.04. The van der Waals surface area contributed by atoms with Crippen molar-refractivity contribution in [3.63, 3.8) is 0 Å². The van der Waals surface area contributed by atoms with Gasteiger partial charge in [-0.05, 0) is 43.2 Å². The Labute approximate surface area is 167 Å². The Bertz CT molecular complexity index is 1020. The number of hydrazine groups is 1. The van der Waals surface area contributed by atoms with Crippen molar-refractivity contribution in [2.24, 2.45) is 0 Å². The molecular formula is C18H18ClN3O5S. The van der Waals surface area contributed by atoms with Crippen molar-refractivity contribution < 1.29 is 23.1 Å². The third-order valence-electron chi connectivity index (χ3n) is 4.32. The summed E-state index contributed by atoms with van der Waals surface area (Å²) in [4.78, 5) is 24.4. The minimum absolute atomic E-state index is 0.0285. The molecule has 0 atom stereocenters. The average Bonchev–Trinajstić information content (AvgIpc) is 3.22. The second kappa shape index (κ2) is 8.17. The van der Waals surface area contributed by atoms with E-state index in [0.717, 1.165) is 12.8 Å². The van der Waals surface area contributed by atoms with Crippen molar-refractivity contribution in [1.82, 2.24) is 15.2 Å². The van der Waals surface area contributed by atoms with E-state index in [1.807, 2.05) is 0 Å². The first-order chi connectivity index (χ1) is 13.3. The highest BCUT2D eigenvalue weighted by Crippen LogP contribution is 2.25. The lowest BCUT2D eigenvalue weighted by Gasteiger charge is -2.16. The van der Waals surface area contributed by atoms with Gasteiger partial charge in [-0.2, -0.15) is 4.31 Å². The number of nitrogens with zero attached hydrogens (tertiary/aromatic N) is 1. The summed E-state index contributed by atoms with van der Waals surface area (Å²) in [7, 11) is -3.72. The van der Waals surface area contributed by atoms with Gasteiger partial charge in [-0.15, -0.1) is 0 Å². The summed E-state index contributed by atoms with van der Waals surface area (Å²) in [5.74, 6) is -1.76. The minimum atomic E-state index is -3.72. The quantitative estimate of drug-likeness (QED) is 0.649. The summed E-state index contributed by atoms with van der Waals surface area (Å²) in [6.07, 6.45) is 1.58. The molecular weight excluding hydrogens is 406 g/mol. The minimum Gasteiger partial charge on any atom is -0.507 e. The molecule has 2 amide bonds. The molecule has 3 rings (SSSR count). The van der Waals surface area contributed by atoms with Gasteiger partial charge < -0.3 is 5.11 Å². The molecule has 0 aliphatic carbocycles. The lowest BCUT2D eigenvalue weighted by atomic mass is 10.2. The van der Waals surface area contributed by atoms with Gasteiger partial charge in [0.2, 0.25) is 10.0 Å². The summed E-state index contributed by atoms with van der Waals surface area (Å²) < 4.78 is 26.7. The topological polar surface area (TPSA) is 116 Å². The van der Waals surface area contributed by atoms with E-state index in [0.29, 0.717) is 13.1 Å². The van der Waals surface area contributed by atoms with Gasteiger partial charge in [0.15, 0.2) is 0 Å². The highest BCUT2D eigenvalue weighted by Gasteiger charge is 2.28. The van der Waals surface area contributed by atoms with E-state index in [1.54, 1.807) is 12.1 Å². The van der Waals surface area contributed by atoms with Crippen LogP contribution in [0.25, 0.3) is 0 Å². The summed E-state index contributed by atoms with van der Waals surface area (Å²) in [6, 6.07) is 9.67. The third-order valence-corrected chi connectivity index (χ3v) is 6.55. The number of carbonyl (C=O) groups is 2. The van der Waals surface area contributed by atoms with Crippen molar-refractivity contribution >= 4 is 33.4 Å². The molecule has 28 heavy (non-hydrogen) atoms. The summed E-state index contributed by atoms with van der Waals surface area (Å²) in [5.41, 5.74) is 4.21. The van der Waals surface area contributed by atoms with Crippen molar-refractivity contribution in [2.75, 3.05) is 13.1 Å². The molecule has 1 heterocycles. The largest absolute Gasteiger partial charge is 0.507 e. The van der Waals surface area contributed by atoms with Gasteiger partial charge >= 0.3 is 0 Å². The Morgan fingerprint density at radius 1 is 0.964 bits per heavy atom.